The van der Waals surface area contributed by atoms with Crippen molar-refractivity contribution in [2.24, 2.45) is 5.16 Å². The SMILES string of the molecule is O=C(O)C1=NOCc2c1ccc1cc(F)ccc21. The summed E-state index contributed by atoms with van der Waals surface area (Å²) in [5, 5.41) is 14.1. The highest BCUT2D eigenvalue weighted by molar-refractivity contribution is 6.43. The van der Waals surface area contributed by atoms with Gasteiger partial charge in [0, 0.05) is 11.1 Å². The summed E-state index contributed by atoms with van der Waals surface area (Å²) in [5.74, 6) is -1.47. The maximum Gasteiger partial charge on any atom is 0.358 e. The molecule has 0 saturated carbocycles. The van der Waals surface area contributed by atoms with E-state index in [1.165, 1.54) is 12.1 Å². The lowest BCUT2D eigenvalue weighted by Crippen LogP contribution is -2.20. The maximum atomic E-state index is 13.1. The predicted octanol–water partition coefficient (Wildman–Crippen LogP) is 2.30. The molecule has 3 rings (SSSR count). The van der Waals surface area contributed by atoms with Gasteiger partial charge in [-0.2, -0.15) is 0 Å². The van der Waals surface area contributed by atoms with Crippen molar-refractivity contribution >= 4 is 22.5 Å². The smallest absolute Gasteiger partial charge is 0.358 e. The molecule has 0 fully saturated rings. The first-order chi connectivity index (χ1) is 8.66. The van der Waals surface area contributed by atoms with Crippen LogP contribution >= 0.6 is 0 Å². The molecule has 1 heterocycles. The molecule has 2 aromatic rings. The Morgan fingerprint density at radius 2 is 2.17 bits per heavy atom. The number of benzene rings is 2. The van der Waals surface area contributed by atoms with E-state index < -0.39 is 5.97 Å². The van der Waals surface area contributed by atoms with Crippen LogP contribution in [0.1, 0.15) is 11.1 Å². The van der Waals surface area contributed by atoms with E-state index in [1.807, 2.05) is 0 Å². The largest absolute Gasteiger partial charge is 0.476 e. The van der Waals surface area contributed by atoms with Crippen molar-refractivity contribution in [3.63, 3.8) is 0 Å². The van der Waals surface area contributed by atoms with E-state index in [9.17, 15) is 9.18 Å². The highest BCUT2D eigenvalue weighted by Crippen LogP contribution is 2.27. The molecule has 0 unspecified atom stereocenters. The first kappa shape index (κ1) is 10.7. The number of carbonyl (C=O) groups is 1. The van der Waals surface area contributed by atoms with Crippen LogP contribution in [-0.2, 0) is 16.2 Å². The molecule has 4 nitrogen and oxygen atoms in total. The normalized spacial score (nSPS) is 13.7. The van der Waals surface area contributed by atoms with Gasteiger partial charge in [0.15, 0.2) is 5.71 Å². The summed E-state index contributed by atoms with van der Waals surface area (Å²) in [6, 6.07) is 7.68. The van der Waals surface area contributed by atoms with Crippen molar-refractivity contribution in [3.05, 3.63) is 47.3 Å². The molecule has 0 bridgehead atoms. The molecule has 1 N–H and O–H groups in total. The molecule has 0 radical (unpaired) electrons. The van der Waals surface area contributed by atoms with Crippen molar-refractivity contribution < 1.29 is 19.1 Å². The number of aliphatic carboxylic acids is 1. The zero-order chi connectivity index (χ0) is 12.7. The lowest BCUT2D eigenvalue weighted by molar-refractivity contribution is -0.129. The Labute approximate surface area is 101 Å². The number of nitrogens with zero attached hydrogens (tertiary/aromatic N) is 1. The average Bonchev–Trinajstić information content (AvgIpc) is 2.37. The fraction of sp³-hybridized carbons (Fsp3) is 0.0769. The van der Waals surface area contributed by atoms with Crippen molar-refractivity contribution in [1.29, 1.82) is 0 Å². The molecule has 0 spiro atoms. The molecule has 0 aliphatic carbocycles. The van der Waals surface area contributed by atoms with E-state index in [0.29, 0.717) is 10.9 Å². The summed E-state index contributed by atoms with van der Waals surface area (Å²) >= 11 is 0. The Balaban J connectivity index is 2.30. The molecule has 5 heteroatoms. The molecule has 1 aliphatic rings. The molecule has 0 amide bonds. The number of oxime groups is 1. The summed E-state index contributed by atoms with van der Waals surface area (Å²) in [6.07, 6.45) is 0. The van der Waals surface area contributed by atoms with Gasteiger partial charge in [0.05, 0.1) is 0 Å². The molecule has 2 aromatic carbocycles. The number of fused-ring (bicyclic) bond motifs is 3. The van der Waals surface area contributed by atoms with E-state index in [2.05, 4.69) is 5.16 Å². The fourth-order valence-electron chi connectivity index (χ4n) is 2.11. The Hall–Kier alpha value is -2.43. The maximum absolute atomic E-state index is 13.1. The van der Waals surface area contributed by atoms with E-state index >= 15 is 0 Å². The lowest BCUT2D eigenvalue weighted by atomic mass is 9.96. The van der Waals surface area contributed by atoms with E-state index in [1.54, 1.807) is 18.2 Å². The van der Waals surface area contributed by atoms with Gasteiger partial charge in [-0.25, -0.2) is 9.18 Å². The zero-order valence-electron chi connectivity index (χ0n) is 9.18. The number of hydrogen-bond donors (Lipinski definition) is 1. The van der Waals surface area contributed by atoms with Gasteiger partial charge in [-0.05, 0) is 22.9 Å². The summed E-state index contributed by atoms with van der Waals surface area (Å²) in [7, 11) is 0. The zero-order valence-corrected chi connectivity index (χ0v) is 9.18. The highest BCUT2D eigenvalue weighted by Gasteiger charge is 2.23. The molecular weight excluding hydrogens is 237 g/mol. The highest BCUT2D eigenvalue weighted by atomic mass is 19.1. The Morgan fingerprint density at radius 3 is 2.94 bits per heavy atom. The monoisotopic (exact) mass is 245 g/mol. The van der Waals surface area contributed by atoms with Crippen LogP contribution in [0.3, 0.4) is 0 Å². The third-order valence-electron chi connectivity index (χ3n) is 2.92. The fourth-order valence-corrected chi connectivity index (χ4v) is 2.11. The lowest BCUT2D eigenvalue weighted by Gasteiger charge is -2.16. The second-order valence-electron chi connectivity index (χ2n) is 3.98. The van der Waals surface area contributed by atoms with Crippen molar-refractivity contribution in [2.75, 3.05) is 0 Å². The summed E-state index contributed by atoms with van der Waals surface area (Å²) in [5.41, 5.74) is 1.12. The number of carboxylic acid groups (broad SMARTS) is 1. The minimum atomic E-state index is -1.14. The predicted molar refractivity (Wildman–Crippen MR) is 62.9 cm³/mol. The van der Waals surface area contributed by atoms with Crippen LogP contribution in [0.25, 0.3) is 10.8 Å². The Bertz CT molecular complexity index is 694. The molecule has 18 heavy (non-hydrogen) atoms. The van der Waals surface area contributed by atoms with Gasteiger partial charge < -0.3 is 9.94 Å². The van der Waals surface area contributed by atoms with Crippen LogP contribution in [0.5, 0.6) is 0 Å². The standard InChI is InChI=1S/C13H8FNO3/c14-8-2-4-9-7(5-8)1-3-10-11(9)6-18-15-12(10)13(16)17/h1-5H,6H2,(H,16,17). The first-order valence-corrected chi connectivity index (χ1v) is 5.31. The van der Waals surface area contributed by atoms with Crippen LogP contribution in [0, 0.1) is 5.82 Å². The Kier molecular flexibility index (Phi) is 2.26. The van der Waals surface area contributed by atoms with Crippen LogP contribution in [0.4, 0.5) is 4.39 Å². The molecule has 0 aromatic heterocycles. The van der Waals surface area contributed by atoms with Gasteiger partial charge in [0.1, 0.15) is 12.4 Å². The van der Waals surface area contributed by atoms with Gasteiger partial charge in [0.2, 0.25) is 0 Å². The van der Waals surface area contributed by atoms with Crippen LogP contribution < -0.4 is 0 Å². The van der Waals surface area contributed by atoms with Gasteiger partial charge in [-0.15, -0.1) is 0 Å². The van der Waals surface area contributed by atoms with E-state index in [-0.39, 0.29) is 18.1 Å². The topological polar surface area (TPSA) is 58.9 Å². The molecule has 0 saturated heterocycles. The quantitative estimate of drug-likeness (QED) is 0.838. The number of rotatable bonds is 1. The van der Waals surface area contributed by atoms with Crippen molar-refractivity contribution in [3.8, 4) is 0 Å². The third kappa shape index (κ3) is 1.52. The molecular formula is C13H8FNO3. The van der Waals surface area contributed by atoms with Crippen molar-refractivity contribution in [2.45, 2.75) is 6.61 Å². The Morgan fingerprint density at radius 1 is 1.33 bits per heavy atom. The van der Waals surface area contributed by atoms with Gasteiger partial charge in [0.25, 0.3) is 0 Å². The summed E-state index contributed by atoms with van der Waals surface area (Å²) < 4.78 is 13.1. The van der Waals surface area contributed by atoms with Crippen LogP contribution in [0.2, 0.25) is 0 Å². The van der Waals surface area contributed by atoms with Gasteiger partial charge in [-0.1, -0.05) is 23.4 Å². The molecule has 1 aliphatic heterocycles. The van der Waals surface area contributed by atoms with E-state index in [4.69, 9.17) is 9.94 Å². The minimum absolute atomic E-state index is 0.123. The van der Waals surface area contributed by atoms with Crippen LogP contribution in [-0.4, -0.2) is 16.8 Å². The number of carboxylic acids is 1. The summed E-state index contributed by atoms with van der Waals surface area (Å²) in [4.78, 5) is 16.0. The average molecular weight is 245 g/mol. The van der Waals surface area contributed by atoms with E-state index in [0.717, 1.165) is 10.9 Å². The second kappa shape index (κ2) is 3.80. The van der Waals surface area contributed by atoms with Gasteiger partial charge in [-0.3, -0.25) is 0 Å². The third-order valence-corrected chi connectivity index (χ3v) is 2.92. The number of hydrogen-bond acceptors (Lipinski definition) is 3. The first-order valence-electron chi connectivity index (χ1n) is 5.31. The molecule has 90 valence electrons. The molecule has 0 atom stereocenters. The summed E-state index contributed by atoms with van der Waals surface area (Å²) in [6.45, 7) is 0.190. The minimum Gasteiger partial charge on any atom is -0.476 e. The van der Waals surface area contributed by atoms with Crippen LogP contribution in [0.15, 0.2) is 35.5 Å². The van der Waals surface area contributed by atoms with Gasteiger partial charge >= 0.3 is 5.97 Å². The second-order valence-corrected chi connectivity index (χ2v) is 3.98. The number of halogens is 1. The van der Waals surface area contributed by atoms with Crippen molar-refractivity contribution in [1.82, 2.24) is 0 Å².